The number of allylic oxidation sites excluding steroid dienone is 1. The molecule has 1 aromatic rings. The highest BCUT2D eigenvalue weighted by molar-refractivity contribution is 6.07. The molecule has 1 heterocycles. The van der Waals surface area contributed by atoms with Gasteiger partial charge in [0.25, 0.3) is 5.91 Å². The van der Waals surface area contributed by atoms with Gasteiger partial charge in [-0.2, -0.15) is 0 Å². The number of rotatable bonds is 8. The van der Waals surface area contributed by atoms with E-state index in [1.54, 1.807) is 13.0 Å². The summed E-state index contributed by atoms with van der Waals surface area (Å²) in [7, 11) is 0. The van der Waals surface area contributed by atoms with E-state index in [-0.39, 0.29) is 25.0 Å². The highest BCUT2D eigenvalue weighted by Crippen LogP contribution is 2.42. The van der Waals surface area contributed by atoms with E-state index in [1.807, 2.05) is 24.3 Å². The van der Waals surface area contributed by atoms with Crippen LogP contribution in [-0.2, 0) is 11.2 Å². The zero-order valence-corrected chi connectivity index (χ0v) is 14.4. The van der Waals surface area contributed by atoms with E-state index < -0.39 is 17.7 Å². The first-order chi connectivity index (χ1) is 12.0. The lowest BCUT2D eigenvalue weighted by Gasteiger charge is -2.22. The first kappa shape index (κ1) is 17.5. The lowest BCUT2D eigenvalue weighted by molar-refractivity contribution is -0.132. The van der Waals surface area contributed by atoms with Crippen LogP contribution in [0.3, 0.4) is 0 Å². The van der Waals surface area contributed by atoms with Gasteiger partial charge in [-0.3, -0.25) is 9.69 Å². The molecule has 2 aliphatic rings. The van der Waals surface area contributed by atoms with E-state index in [0.29, 0.717) is 12.2 Å². The second-order valence-corrected chi connectivity index (χ2v) is 6.89. The van der Waals surface area contributed by atoms with Gasteiger partial charge < -0.3 is 15.2 Å². The number of aliphatic hydroxyl groups is 1. The summed E-state index contributed by atoms with van der Waals surface area (Å²) in [5.41, 5.74) is 0.148. The number of hydrogen-bond donors (Lipinski definition) is 2. The van der Waals surface area contributed by atoms with E-state index in [4.69, 9.17) is 4.74 Å². The van der Waals surface area contributed by atoms with Crippen molar-refractivity contribution in [1.29, 1.82) is 0 Å². The van der Waals surface area contributed by atoms with Gasteiger partial charge in [0.15, 0.2) is 0 Å². The third kappa shape index (κ3) is 3.54. The molecule has 3 rings (SSSR count). The Labute approximate surface area is 147 Å². The number of β-amino-alcohol motifs (C(OH)–C–C–N with tert-alkyl or cyclic N) is 1. The SMILES string of the molecule is C=CCc1ccccc1OC[C@H](O)CN1C(=O)N[C@@](C)(C2CC2)C1=O. The third-order valence-electron chi connectivity index (χ3n) is 4.86. The van der Waals surface area contributed by atoms with Crippen molar-refractivity contribution in [3.8, 4) is 5.75 Å². The molecule has 0 spiro atoms. The molecule has 2 atom stereocenters. The largest absolute Gasteiger partial charge is 0.491 e. The van der Waals surface area contributed by atoms with Crippen LogP contribution in [0.15, 0.2) is 36.9 Å². The number of aliphatic hydroxyl groups excluding tert-OH is 1. The summed E-state index contributed by atoms with van der Waals surface area (Å²) in [5.74, 6) is 0.612. The second kappa shape index (κ2) is 6.88. The van der Waals surface area contributed by atoms with Crippen LogP contribution in [0.4, 0.5) is 4.79 Å². The molecule has 1 aliphatic heterocycles. The van der Waals surface area contributed by atoms with Crippen LogP contribution in [0.2, 0.25) is 0 Å². The normalized spacial score (nSPS) is 24.2. The molecule has 6 nitrogen and oxygen atoms in total. The summed E-state index contributed by atoms with van der Waals surface area (Å²) in [6.45, 7) is 5.41. The molecule has 2 N–H and O–H groups in total. The Morgan fingerprint density at radius 3 is 2.84 bits per heavy atom. The topological polar surface area (TPSA) is 78.9 Å². The molecule has 1 saturated heterocycles. The van der Waals surface area contributed by atoms with Crippen LogP contribution in [-0.4, -0.2) is 46.7 Å². The molecule has 25 heavy (non-hydrogen) atoms. The van der Waals surface area contributed by atoms with Gasteiger partial charge in [-0.15, -0.1) is 6.58 Å². The van der Waals surface area contributed by atoms with Gasteiger partial charge in [-0.1, -0.05) is 24.3 Å². The fraction of sp³-hybridized carbons (Fsp3) is 0.474. The minimum absolute atomic E-state index is 0.00532. The van der Waals surface area contributed by atoms with E-state index in [1.165, 1.54) is 0 Å². The second-order valence-electron chi connectivity index (χ2n) is 6.89. The van der Waals surface area contributed by atoms with Gasteiger partial charge >= 0.3 is 6.03 Å². The average Bonchev–Trinajstić information content (AvgIpc) is 3.41. The molecule has 1 saturated carbocycles. The zero-order chi connectivity index (χ0) is 18.0. The molecule has 0 unspecified atom stereocenters. The molecule has 0 radical (unpaired) electrons. The quantitative estimate of drug-likeness (QED) is 0.557. The predicted molar refractivity (Wildman–Crippen MR) is 93.2 cm³/mol. The maximum absolute atomic E-state index is 12.5. The van der Waals surface area contributed by atoms with Crippen molar-refractivity contribution in [1.82, 2.24) is 10.2 Å². The summed E-state index contributed by atoms with van der Waals surface area (Å²) in [5, 5.41) is 13.0. The summed E-state index contributed by atoms with van der Waals surface area (Å²) < 4.78 is 5.68. The van der Waals surface area contributed by atoms with Crippen molar-refractivity contribution < 1.29 is 19.4 Å². The fourth-order valence-electron chi connectivity index (χ4n) is 3.24. The Bertz CT molecular complexity index is 686. The van der Waals surface area contributed by atoms with Crippen LogP contribution < -0.4 is 10.1 Å². The number of benzene rings is 1. The number of hydrogen-bond acceptors (Lipinski definition) is 4. The summed E-state index contributed by atoms with van der Waals surface area (Å²) in [6, 6.07) is 7.08. The molecule has 1 aliphatic carbocycles. The number of para-hydroxylation sites is 1. The number of ether oxygens (including phenoxy) is 1. The van der Waals surface area contributed by atoms with E-state index >= 15 is 0 Å². The molecule has 2 fully saturated rings. The molecule has 3 amide bonds. The highest BCUT2D eigenvalue weighted by atomic mass is 16.5. The monoisotopic (exact) mass is 344 g/mol. The van der Waals surface area contributed by atoms with Crippen LogP contribution >= 0.6 is 0 Å². The zero-order valence-electron chi connectivity index (χ0n) is 14.4. The Kier molecular flexibility index (Phi) is 4.81. The number of amides is 3. The van der Waals surface area contributed by atoms with Gasteiger partial charge in [0, 0.05) is 0 Å². The molecule has 0 bridgehead atoms. The number of nitrogens with zero attached hydrogens (tertiary/aromatic N) is 1. The minimum atomic E-state index is -0.951. The lowest BCUT2D eigenvalue weighted by Crippen LogP contribution is -2.46. The maximum Gasteiger partial charge on any atom is 0.325 e. The maximum atomic E-state index is 12.5. The van der Waals surface area contributed by atoms with Crippen LogP contribution in [0.25, 0.3) is 0 Å². The van der Waals surface area contributed by atoms with Crippen molar-refractivity contribution in [3.05, 3.63) is 42.5 Å². The van der Waals surface area contributed by atoms with Crippen molar-refractivity contribution in [2.24, 2.45) is 5.92 Å². The Hall–Kier alpha value is -2.34. The molecule has 1 aromatic carbocycles. The fourth-order valence-corrected chi connectivity index (χ4v) is 3.24. The van der Waals surface area contributed by atoms with Crippen molar-refractivity contribution in [2.75, 3.05) is 13.2 Å². The van der Waals surface area contributed by atoms with Crippen molar-refractivity contribution in [2.45, 2.75) is 37.8 Å². The summed E-state index contributed by atoms with van der Waals surface area (Å²) in [4.78, 5) is 25.8. The van der Waals surface area contributed by atoms with Crippen molar-refractivity contribution >= 4 is 11.9 Å². The van der Waals surface area contributed by atoms with Gasteiger partial charge in [-0.05, 0) is 43.7 Å². The molecule has 6 heteroatoms. The van der Waals surface area contributed by atoms with E-state index in [9.17, 15) is 14.7 Å². The molecular weight excluding hydrogens is 320 g/mol. The Balaban J connectivity index is 1.58. The smallest absolute Gasteiger partial charge is 0.325 e. The number of carbonyl (C=O) groups excluding carboxylic acids is 2. The molecule has 134 valence electrons. The first-order valence-corrected chi connectivity index (χ1v) is 8.59. The highest BCUT2D eigenvalue weighted by Gasteiger charge is 2.56. The van der Waals surface area contributed by atoms with Crippen LogP contribution in [0.5, 0.6) is 5.75 Å². The minimum Gasteiger partial charge on any atom is -0.491 e. The number of carbonyl (C=O) groups is 2. The average molecular weight is 344 g/mol. The number of urea groups is 1. The van der Waals surface area contributed by atoms with Gasteiger partial charge in [0.1, 0.15) is 24.0 Å². The summed E-state index contributed by atoms with van der Waals surface area (Å²) in [6.07, 6.45) is 3.39. The van der Waals surface area contributed by atoms with Gasteiger partial charge in [-0.25, -0.2) is 4.79 Å². The predicted octanol–water partition coefficient (Wildman–Crippen LogP) is 1.88. The number of imide groups is 1. The number of nitrogens with one attached hydrogen (secondary N) is 1. The molecular formula is C19H24N2O4. The third-order valence-corrected chi connectivity index (χ3v) is 4.86. The van der Waals surface area contributed by atoms with Gasteiger partial charge in [0.2, 0.25) is 0 Å². The standard InChI is InChI=1S/C19H24N2O4/c1-3-6-13-7-4-5-8-16(13)25-12-15(22)11-21-17(23)19(2,14-9-10-14)20-18(21)24/h3-5,7-8,14-15,22H,1,6,9-12H2,2H3,(H,20,24)/t15-,19+/m1/s1. The first-order valence-electron chi connectivity index (χ1n) is 8.59. The van der Waals surface area contributed by atoms with E-state index in [2.05, 4.69) is 11.9 Å². The van der Waals surface area contributed by atoms with Crippen LogP contribution in [0, 0.1) is 5.92 Å². The van der Waals surface area contributed by atoms with Crippen molar-refractivity contribution in [3.63, 3.8) is 0 Å². The van der Waals surface area contributed by atoms with E-state index in [0.717, 1.165) is 23.3 Å². The Morgan fingerprint density at radius 2 is 2.16 bits per heavy atom. The van der Waals surface area contributed by atoms with Crippen LogP contribution in [0.1, 0.15) is 25.3 Å². The lowest BCUT2D eigenvalue weighted by atomic mass is 9.96. The molecule has 0 aromatic heterocycles. The van der Waals surface area contributed by atoms with Gasteiger partial charge in [0.05, 0.1) is 6.54 Å². The Morgan fingerprint density at radius 1 is 1.44 bits per heavy atom. The summed E-state index contributed by atoms with van der Waals surface area (Å²) >= 11 is 0.